The molecule has 3 heteroatoms. The van der Waals surface area contributed by atoms with Gasteiger partial charge in [-0.25, -0.2) is 0 Å². The Balaban J connectivity index is 2.47. The van der Waals surface area contributed by atoms with Gasteiger partial charge in [0, 0.05) is 25.4 Å². The van der Waals surface area contributed by atoms with E-state index >= 15 is 0 Å². The Morgan fingerprint density at radius 1 is 1.58 bits per heavy atom. The fourth-order valence-corrected chi connectivity index (χ4v) is 0.871. The van der Waals surface area contributed by atoms with Crippen LogP contribution in [0.2, 0.25) is 0 Å². The van der Waals surface area contributed by atoms with E-state index in [-0.39, 0.29) is 5.56 Å². The number of aromatic amines is 1. The minimum atomic E-state index is -0.0672. The first-order chi connectivity index (χ1) is 5.83. The van der Waals surface area contributed by atoms with Crippen LogP contribution in [0.5, 0.6) is 0 Å². The average Bonchev–Trinajstić information content (AvgIpc) is 2.09. The highest BCUT2D eigenvalue weighted by Gasteiger charge is 1.89. The highest BCUT2D eigenvalue weighted by molar-refractivity contribution is 5.08. The van der Waals surface area contributed by atoms with E-state index in [1.165, 1.54) is 6.07 Å². The Hall–Kier alpha value is -1.35. The lowest BCUT2D eigenvalue weighted by atomic mass is 10.3. The van der Waals surface area contributed by atoms with Crippen molar-refractivity contribution < 1.29 is 0 Å². The largest absolute Gasteiger partial charge is 0.329 e. The van der Waals surface area contributed by atoms with E-state index in [9.17, 15) is 4.79 Å². The van der Waals surface area contributed by atoms with Crippen molar-refractivity contribution in [1.29, 1.82) is 0 Å². The van der Waals surface area contributed by atoms with Gasteiger partial charge in [0.2, 0.25) is 5.56 Å². The van der Waals surface area contributed by atoms with Crippen LogP contribution in [-0.2, 0) is 6.54 Å². The van der Waals surface area contributed by atoms with Crippen molar-refractivity contribution in [3.63, 3.8) is 0 Å². The third kappa shape index (κ3) is 2.72. The zero-order chi connectivity index (χ0) is 8.81. The number of hydrogen-bond acceptors (Lipinski definition) is 2. The van der Waals surface area contributed by atoms with Crippen LogP contribution in [0.3, 0.4) is 0 Å². The molecule has 0 radical (unpaired) electrons. The maximum atomic E-state index is 10.7. The number of H-pyrrole nitrogens is 1. The molecule has 0 aliphatic carbocycles. The molecule has 0 bridgehead atoms. The third-order valence-corrected chi connectivity index (χ3v) is 1.47. The van der Waals surface area contributed by atoms with Crippen molar-refractivity contribution in [2.75, 3.05) is 6.54 Å². The van der Waals surface area contributed by atoms with Crippen LogP contribution < -0.4 is 10.9 Å². The van der Waals surface area contributed by atoms with Gasteiger partial charge in [-0.1, -0.05) is 12.1 Å². The monoisotopic (exact) mass is 164 g/mol. The molecule has 0 atom stereocenters. The van der Waals surface area contributed by atoms with Crippen LogP contribution in [0, 0.1) is 0 Å². The molecule has 1 heterocycles. The van der Waals surface area contributed by atoms with Gasteiger partial charge in [-0.2, -0.15) is 0 Å². The van der Waals surface area contributed by atoms with E-state index in [1.54, 1.807) is 18.3 Å². The summed E-state index contributed by atoms with van der Waals surface area (Å²) in [5, 5.41) is 3.13. The highest BCUT2D eigenvalue weighted by atomic mass is 16.1. The van der Waals surface area contributed by atoms with Crippen molar-refractivity contribution in [3.8, 4) is 0 Å². The number of hydrogen-bond donors (Lipinski definition) is 2. The van der Waals surface area contributed by atoms with Crippen LogP contribution in [0.25, 0.3) is 0 Å². The summed E-state index contributed by atoms with van der Waals surface area (Å²) < 4.78 is 0. The molecule has 64 valence electrons. The van der Waals surface area contributed by atoms with Crippen molar-refractivity contribution in [2.45, 2.75) is 6.54 Å². The van der Waals surface area contributed by atoms with Crippen molar-refractivity contribution >= 4 is 0 Å². The molecule has 0 aliphatic heterocycles. The summed E-state index contributed by atoms with van der Waals surface area (Å²) in [6, 6.07) is 3.32. The van der Waals surface area contributed by atoms with E-state index < -0.39 is 0 Å². The number of pyridine rings is 1. The van der Waals surface area contributed by atoms with Crippen LogP contribution in [0.15, 0.2) is 35.8 Å². The molecule has 0 fully saturated rings. The van der Waals surface area contributed by atoms with Gasteiger partial charge in [-0.15, -0.1) is 6.58 Å². The highest BCUT2D eigenvalue weighted by Crippen LogP contribution is 1.90. The van der Waals surface area contributed by atoms with Gasteiger partial charge in [0.1, 0.15) is 0 Å². The van der Waals surface area contributed by atoms with Gasteiger partial charge in [-0.3, -0.25) is 4.79 Å². The van der Waals surface area contributed by atoms with Gasteiger partial charge < -0.3 is 10.3 Å². The Labute approximate surface area is 71.1 Å². The van der Waals surface area contributed by atoms with Crippen LogP contribution in [-0.4, -0.2) is 11.5 Å². The second-order valence-electron chi connectivity index (χ2n) is 2.48. The fraction of sp³-hybridized carbons (Fsp3) is 0.222. The third-order valence-electron chi connectivity index (χ3n) is 1.47. The lowest BCUT2D eigenvalue weighted by molar-refractivity contribution is 0.756. The molecular formula is C9H12N2O. The predicted molar refractivity (Wildman–Crippen MR) is 49.0 cm³/mol. The summed E-state index contributed by atoms with van der Waals surface area (Å²) in [5.74, 6) is 0. The number of rotatable bonds is 4. The maximum Gasteiger partial charge on any atom is 0.247 e. The molecule has 0 amide bonds. The number of nitrogens with one attached hydrogen (secondary N) is 2. The summed E-state index contributed by atoms with van der Waals surface area (Å²) in [5.41, 5.74) is 0.999. The zero-order valence-corrected chi connectivity index (χ0v) is 6.84. The van der Waals surface area contributed by atoms with E-state index in [4.69, 9.17) is 0 Å². The topological polar surface area (TPSA) is 44.9 Å². The quantitative estimate of drug-likeness (QED) is 0.507. The molecule has 0 unspecified atom stereocenters. The van der Waals surface area contributed by atoms with Crippen molar-refractivity contribution in [3.05, 3.63) is 46.9 Å². The first kappa shape index (κ1) is 8.74. The summed E-state index contributed by atoms with van der Waals surface area (Å²) in [6.07, 6.45) is 3.50. The zero-order valence-electron chi connectivity index (χ0n) is 6.84. The smallest absolute Gasteiger partial charge is 0.247 e. The fourth-order valence-electron chi connectivity index (χ4n) is 0.871. The first-order valence-corrected chi connectivity index (χ1v) is 3.82. The van der Waals surface area contributed by atoms with Crippen LogP contribution in [0.1, 0.15) is 5.56 Å². The maximum absolute atomic E-state index is 10.7. The minimum absolute atomic E-state index is 0.0672. The summed E-state index contributed by atoms with van der Waals surface area (Å²) in [7, 11) is 0. The lowest BCUT2D eigenvalue weighted by Gasteiger charge is -1.99. The SMILES string of the molecule is C=CCNCc1ccc(=O)[nH]c1. The van der Waals surface area contributed by atoms with Gasteiger partial charge in [-0.05, 0) is 5.56 Å². The molecule has 0 spiro atoms. The van der Waals surface area contributed by atoms with Gasteiger partial charge >= 0.3 is 0 Å². The van der Waals surface area contributed by atoms with Crippen LogP contribution >= 0.6 is 0 Å². The van der Waals surface area contributed by atoms with Crippen molar-refractivity contribution in [2.24, 2.45) is 0 Å². The summed E-state index contributed by atoms with van der Waals surface area (Å²) in [6.45, 7) is 5.12. The molecular weight excluding hydrogens is 152 g/mol. The standard InChI is InChI=1S/C9H12N2O/c1-2-5-10-6-8-3-4-9(12)11-7-8/h2-4,7,10H,1,5-6H2,(H,11,12). The molecule has 1 aromatic rings. The predicted octanol–water partition coefficient (Wildman–Crippen LogP) is 0.650. The van der Waals surface area contributed by atoms with Gasteiger partial charge in [0.05, 0.1) is 0 Å². The molecule has 0 saturated heterocycles. The Bertz CT molecular complexity index is 283. The second-order valence-corrected chi connectivity index (χ2v) is 2.48. The first-order valence-electron chi connectivity index (χ1n) is 3.82. The molecule has 1 aromatic heterocycles. The lowest BCUT2D eigenvalue weighted by Crippen LogP contribution is -2.14. The Kier molecular flexibility index (Phi) is 3.29. The van der Waals surface area contributed by atoms with E-state index in [0.29, 0.717) is 0 Å². The van der Waals surface area contributed by atoms with E-state index in [1.807, 2.05) is 0 Å². The summed E-state index contributed by atoms with van der Waals surface area (Å²) >= 11 is 0. The van der Waals surface area contributed by atoms with E-state index in [0.717, 1.165) is 18.7 Å². The van der Waals surface area contributed by atoms with Crippen LogP contribution in [0.4, 0.5) is 0 Å². The Morgan fingerprint density at radius 2 is 2.42 bits per heavy atom. The number of aromatic nitrogens is 1. The Morgan fingerprint density at radius 3 is 3.00 bits per heavy atom. The molecule has 0 aromatic carbocycles. The molecule has 2 N–H and O–H groups in total. The van der Waals surface area contributed by atoms with Crippen molar-refractivity contribution in [1.82, 2.24) is 10.3 Å². The van der Waals surface area contributed by atoms with Gasteiger partial charge in [0.15, 0.2) is 0 Å². The molecule has 12 heavy (non-hydrogen) atoms. The molecule has 3 nitrogen and oxygen atoms in total. The van der Waals surface area contributed by atoms with Gasteiger partial charge in [0.25, 0.3) is 0 Å². The molecule has 0 aliphatic rings. The summed E-state index contributed by atoms with van der Waals surface area (Å²) in [4.78, 5) is 13.3. The average molecular weight is 164 g/mol. The molecule has 0 saturated carbocycles. The minimum Gasteiger partial charge on any atom is -0.329 e. The molecule has 1 rings (SSSR count). The van der Waals surface area contributed by atoms with E-state index in [2.05, 4.69) is 16.9 Å². The normalized spacial score (nSPS) is 9.67. The second kappa shape index (κ2) is 4.51.